The van der Waals surface area contributed by atoms with E-state index < -0.39 is 5.91 Å². The summed E-state index contributed by atoms with van der Waals surface area (Å²) in [5.74, 6) is -0.551. The molecular weight excluding hydrogens is 335 g/mol. The fraction of sp³-hybridized carbons (Fsp3) is 0.0625. The molecule has 0 spiro atoms. The number of pyridine rings is 1. The SMILES string of the molecule is Cc1c(Cl)cccc1NC(=O)/C(C#N)=C\Nc1cccnc1Cl. The number of benzene rings is 1. The normalized spacial score (nSPS) is 10.8. The van der Waals surface area contributed by atoms with Crippen molar-refractivity contribution in [3.05, 3.63) is 64.0 Å². The van der Waals surface area contributed by atoms with Crippen LogP contribution in [0, 0.1) is 18.3 Å². The van der Waals surface area contributed by atoms with Gasteiger partial charge in [-0.2, -0.15) is 5.26 Å². The molecule has 2 rings (SSSR count). The second-order valence-corrected chi connectivity index (χ2v) is 5.29. The third-order valence-corrected chi connectivity index (χ3v) is 3.72. The largest absolute Gasteiger partial charge is 0.358 e. The molecule has 1 heterocycles. The van der Waals surface area contributed by atoms with E-state index in [0.717, 1.165) is 5.56 Å². The summed E-state index contributed by atoms with van der Waals surface area (Å²) in [6, 6.07) is 10.3. The Labute approximate surface area is 143 Å². The van der Waals surface area contributed by atoms with Crippen molar-refractivity contribution < 1.29 is 4.79 Å². The zero-order chi connectivity index (χ0) is 16.8. The Morgan fingerprint density at radius 3 is 2.70 bits per heavy atom. The van der Waals surface area contributed by atoms with Crippen LogP contribution in [0.25, 0.3) is 0 Å². The molecule has 7 heteroatoms. The van der Waals surface area contributed by atoms with E-state index in [1.54, 1.807) is 37.3 Å². The molecule has 5 nitrogen and oxygen atoms in total. The Balaban J connectivity index is 2.16. The number of hydrogen-bond acceptors (Lipinski definition) is 4. The molecule has 116 valence electrons. The summed E-state index contributed by atoms with van der Waals surface area (Å²) < 4.78 is 0. The van der Waals surface area contributed by atoms with E-state index in [9.17, 15) is 4.79 Å². The Hall–Kier alpha value is -2.55. The highest BCUT2D eigenvalue weighted by molar-refractivity contribution is 6.32. The third-order valence-electron chi connectivity index (χ3n) is 3.01. The molecule has 0 aliphatic heterocycles. The highest BCUT2D eigenvalue weighted by atomic mass is 35.5. The third kappa shape index (κ3) is 4.22. The fourth-order valence-corrected chi connectivity index (χ4v) is 2.07. The molecule has 2 aromatic rings. The molecule has 1 aromatic heterocycles. The molecule has 23 heavy (non-hydrogen) atoms. The Kier molecular flexibility index (Phi) is 5.58. The van der Waals surface area contributed by atoms with Crippen LogP contribution in [0.5, 0.6) is 0 Å². The van der Waals surface area contributed by atoms with Crippen LogP contribution in [0.3, 0.4) is 0 Å². The van der Waals surface area contributed by atoms with Crippen molar-refractivity contribution in [2.75, 3.05) is 10.6 Å². The lowest BCUT2D eigenvalue weighted by Gasteiger charge is -2.09. The number of aromatic nitrogens is 1. The number of nitriles is 1. The number of halogens is 2. The second kappa shape index (κ2) is 7.63. The van der Waals surface area contributed by atoms with Gasteiger partial charge < -0.3 is 10.6 Å². The summed E-state index contributed by atoms with van der Waals surface area (Å²) in [7, 11) is 0. The summed E-state index contributed by atoms with van der Waals surface area (Å²) in [5.41, 5.74) is 1.66. The van der Waals surface area contributed by atoms with Gasteiger partial charge in [-0.3, -0.25) is 4.79 Å². The number of nitrogens with zero attached hydrogens (tertiary/aromatic N) is 2. The van der Waals surface area contributed by atoms with E-state index in [1.165, 1.54) is 12.4 Å². The van der Waals surface area contributed by atoms with Crippen LogP contribution in [0.15, 0.2) is 48.3 Å². The van der Waals surface area contributed by atoms with Crippen molar-refractivity contribution in [1.29, 1.82) is 5.26 Å². The lowest BCUT2D eigenvalue weighted by atomic mass is 10.2. The van der Waals surface area contributed by atoms with Crippen molar-refractivity contribution in [2.45, 2.75) is 6.92 Å². The average molecular weight is 347 g/mol. The van der Waals surface area contributed by atoms with Crippen LogP contribution in [0.1, 0.15) is 5.56 Å². The van der Waals surface area contributed by atoms with Crippen LogP contribution >= 0.6 is 23.2 Å². The van der Waals surface area contributed by atoms with Gasteiger partial charge in [0.2, 0.25) is 0 Å². The van der Waals surface area contributed by atoms with Gasteiger partial charge in [0.1, 0.15) is 11.6 Å². The number of carbonyl (C=O) groups excluding carboxylic acids is 1. The van der Waals surface area contributed by atoms with Crippen LogP contribution in [0.4, 0.5) is 11.4 Å². The maximum atomic E-state index is 12.2. The zero-order valence-corrected chi connectivity index (χ0v) is 13.6. The zero-order valence-electron chi connectivity index (χ0n) is 12.1. The van der Waals surface area contributed by atoms with Gasteiger partial charge in [-0.05, 0) is 36.8 Å². The Bertz CT molecular complexity index is 812. The summed E-state index contributed by atoms with van der Waals surface area (Å²) >= 11 is 11.9. The van der Waals surface area contributed by atoms with Gasteiger partial charge >= 0.3 is 0 Å². The minimum atomic E-state index is -0.551. The number of nitrogens with one attached hydrogen (secondary N) is 2. The minimum absolute atomic E-state index is 0.107. The van der Waals surface area contributed by atoms with Gasteiger partial charge in [-0.25, -0.2) is 4.98 Å². The smallest absolute Gasteiger partial charge is 0.267 e. The average Bonchev–Trinajstić information content (AvgIpc) is 2.54. The van der Waals surface area contributed by atoms with Gasteiger partial charge in [0.25, 0.3) is 5.91 Å². The van der Waals surface area contributed by atoms with E-state index in [4.69, 9.17) is 28.5 Å². The van der Waals surface area contributed by atoms with Gasteiger partial charge in [0, 0.05) is 23.1 Å². The van der Waals surface area contributed by atoms with Crippen molar-refractivity contribution >= 4 is 40.5 Å². The summed E-state index contributed by atoms with van der Waals surface area (Å²) in [5, 5.41) is 15.4. The second-order valence-electron chi connectivity index (χ2n) is 4.52. The van der Waals surface area contributed by atoms with E-state index in [0.29, 0.717) is 16.4 Å². The highest BCUT2D eigenvalue weighted by Crippen LogP contribution is 2.23. The standard InChI is InChI=1S/C16H12Cl2N4O/c1-10-12(17)4-2-5-13(10)22-16(23)11(8-19)9-21-14-6-3-7-20-15(14)18/h2-7,9,21H,1H3,(H,22,23)/b11-9-. The Morgan fingerprint density at radius 1 is 1.26 bits per heavy atom. The van der Waals surface area contributed by atoms with Crippen LogP contribution in [0.2, 0.25) is 10.2 Å². The number of anilines is 2. The molecule has 2 N–H and O–H groups in total. The van der Waals surface area contributed by atoms with E-state index in [2.05, 4.69) is 15.6 Å². The van der Waals surface area contributed by atoms with Crippen molar-refractivity contribution in [3.8, 4) is 6.07 Å². The quantitative estimate of drug-likeness (QED) is 0.495. The predicted octanol–water partition coefficient (Wildman–Crippen LogP) is 4.15. The molecule has 0 fully saturated rings. The van der Waals surface area contributed by atoms with E-state index in [-0.39, 0.29) is 10.7 Å². The monoisotopic (exact) mass is 346 g/mol. The van der Waals surface area contributed by atoms with Crippen molar-refractivity contribution in [3.63, 3.8) is 0 Å². The summed E-state index contributed by atoms with van der Waals surface area (Å²) in [6.07, 6.45) is 2.81. The maximum Gasteiger partial charge on any atom is 0.267 e. The molecule has 0 saturated heterocycles. The highest BCUT2D eigenvalue weighted by Gasteiger charge is 2.12. The molecule has 0 saturated carbocycles. The Morgan fingerprint density at radius 2 is 2.00 bits per heavy atom. The molecular formula is C16H12Cl2N4O. The van der Waals surface area contributed by atoms with Gasteiger partial charge in [0.05, 0.1) is 5.69 Å². The molecule has 0 aliphatic carbocycles. The van der Waals surface area contributed by atoms with Gasteiger partial charge in [-0.1, -0.05) is 29.3 Å². The van der Waals surface area contributed by atoms with Crippen LogP contribution < -0.4 is 10.6 Å². The van der Waals surface area contributed by atoms with E-state index >= 15 is 0 Å². The molecule has 0 unspecified atom stereocenters. The number of hydrogen-bond donors (Lipinski definition) is 2. The molecule has 0 radical (unpaired) electrons. The summed E-state index contributed by atoms with van der Waals surface area (Å²) in [6.45, 7) is 1.78. The van der Waals surface area contributed by atoms with Crippen LogP contribution in [-0.4, -0.2) is 10.9 Å². The maximum absolute atomic E-state index is 12.2. The molecule has 1 aromatic carbocycles. The van der Waals surface area contributed by atoms with Gasteiger partial charge in [-0.15, -0.1) is 0 Å². The van der Waals surface area contributed by atoms with Crippen molar-refractivity contribution in [1.82, 2.24) is 4.98 Å². The van der Waals surface area contributed by atoms with Crippen LogP contribution in [-0.2, 0) is 4.79 Å². The fourth-order valence-electron chi connectivity index (χ4n) is 1.72. The first-order valence-electron chi connectivity index (χ1n) is 6.56. The number of rotatable bonds is 4. The first kappa shape index (κ1) is 16.8. The number of carbonyl (C=O) groups is 1. The lowest BCUT2D eigenvalue weighted by molar-refractivity contribution is -0.112. The molecule has 0 atom stereocenters. The molecule has 1 amide bonds. The minimum Gasteiger partial charge on any atom is -0.358 e. The molecule has 0 bridgehead atoms. The van der Waals surface area contributed by atoms with E-state index in [1.807, 2.05) is 6.07 Å². The first-order chi connectivity index (χ1) is 11.0. The first-order valence-corrected chi connectivity index (χ1v) is 7.32. The van der Waals surface area contributed by atoms with Gasteiger partial charge in [0.15, 0.2) is 5.15 Å². The number of amides is 1. The topological polar surface area (TPSA) is 77.8 Å². The summed E-state index contributed by atoms with van der Waals surface area (Å²) in [4.78, 5) is 16.1. The van der Waals surface area contributed by atoms with Crippen molar-refractivity contribution in [2.24, 2.45) is 0 Å². The molecule has 0 aliphatic rings. The predicted molar refractivity (Wildman–Crippen MR) is 91.4 cm³/mol. The lowest BCUT2D eigenvalue weighted by Crippen LogP contribution is -2.15.